The second-order valence-corrected chi connectivity index (χ2v) is 5.46. The molecule has 1 nitrogen and oxygen atoms in total. The van der Waals surface area contributed by atoms with E-state index < -0.39 is 0 Å². The van der Waals surface area contributed by atoms with E-state index in [2.05, 4.69) is 39.5 Å². The lowest BCUT2D eigenvalue weighted by Gasteiger charge is -2.23. The van der Waals surface area contributed by atoms with Crippen LogP contribution in [0.3, 0.4) is 0 Å². The zero-order valence-corrected chi connectivity index (χ0v) is 9.29. The number of rotatable bonds is 4. The smallest absolute Gasteiger partial charge is 0.0449 e. The molecule has 0 bridgehead atoms. The lowest BCUT2D eigenvalue weighted by Crippen LogP contribution is -2.25. The summed E-state index contributed by atoms with van der Waals surface area (Å²) < 4.78 is 0.405. The maximum absolute atomic E-state index is 2.44. The fourth-order valence-corrected chi connectivity index (χ4v) is 1.63. The summed E-state index contributed by atoms with van der Waals surface area (Å²) in [5.41, 5.74) is 0. The number of hydrogen-bond donors (Lipinski definition) is 0. The fourth-order valence-electron chi connectivity index (χ4n) is 0.691. The predicted octanol–water partition coefficient (Wildman–Crippen LogP) is 2.82. The highest BCUT2D eigenvalue weighted by Crippen LogP contribution is 2.23. The first-order valence-electron chi connectivity index (χ1n) is 4.36. The van der Waals surface area contributed by atoms with E-state index in [1.807, 2.05) is 11.8 Å². The second-order valence-electron chi connectivity index (χ2n) is 3.69. The van der Waals surface area contributed by atoms with Gasteiger partial charge in [-0.2, -0.15) is 0 Å². The van der Waals surface area contributed by atoms with Crippen LogP contribution in [0.2, 0.25) is 0 Å². The van der Waals surface area contributed by atoms with Gasteiger partial charge in [-0.3, -0.25) is 4.90 Å². The minimum atomic E-state index is 0.405. The van der Waals surface area contributed by atoms with Crippen LogP contribution in [0, 0.1) is 0 Å². The van der Waals surface area contributed by atoms with Crippen molar-refractivity contribution in [3.05, 3.63) is 0 Å². The Bertz CT molecular complexity index is 92.2. The van der Waals surface area contributed by atoms with Crippen molar-refractivity contribution in [2.75, 3.05) is 19.0 Å². The third-order valence-electron chi connectivity index (χ3n) is 1.57. The summed E-state index contributed by atoms with van der Waals surface area (Å²) in [5, 5.41) is 0. The highest BCUT2D eigenvalue weighted by atomic mass is 32.2. The molecule has 0 spiro atoms. The van der Waals surface area contributed by atoms with Crippen molar-refractivity contribution in [3.8, 4) is 0 Å². The predicted molar refractivity (Wildman–Crippen MR) is 55.1 cm³/mol. The first-order chi connectivity index (χ1) is 4.99. The second kappa shape index (κ2) is 5.04. The highest BCUT2D eigenvalue weighted by Gasteiger charge is 2.11. The van der Waals surface area contributed by atoms with Crippen LogP contribution in [0.15, 0.2) is 0 Å². The van der Waals surface area contributed by atoms with Crippen molar-refractivity contribution in [2.45, 2.75) is 39.4 Å². The van der Waals surface area contributed by atoms with Gasteiger partial charge in [0.1, 0.15) is 0 Å². The molecule has 0 aliphatic heterocycles. The molecular weight excluding hydrogens is 154 g/mol. The Kier molecular flexibility index (Phi) is 5.19. The van der Waals surface area contributed by atoms with Crippen LogP contribution in [0.25, 0.3) is 0 Å². The molecule has 0 rings (SSSR count). The van der Waals surface area contributed by atoms with Crippen LogP contribution in [0.5, 0.6) is 0 Å². The molecular formula is C9H21NS. The maximum atomic E-state index is 2.44. The summed E-state index contributed by atoms with van der Waals surface area (Å²) in [6, 6.07) is 0. The van der Waals surface area contributed by atoms with Crippen LogP contribution in [0.4, 0.5) is 0 Å². The van der Waals surface area contributed by atoms with E-state index in [4.69, 9.17) is 0 Å². The zero-order chi connectivity index (χ0) is 8.91. The molecule has 0 radical (unpaired) electrons. The molecule has 68 valence electrons. The molecule has 0 N–H and O–H groups in total. The number of thioether (sulfide) groups is 1. The van der Waals surface area contributed by atoms with Gasteiger partial charge in [0.05, 0.1) is 0 Å². The zero-order valence-electron chi connectivity index (χ0n) is 8.48. The molecule has 0 heterocycles. The summed E-state index contributed by atoms with van der Waals surface area (Å²) in [6.07, 6.45) is 0. The summed E-state index contributed by atoms with van der Waals surface area (Å²) in [6.45, 7) is 13.6. The first kappa shape index (κ1) is 11.3. The molecule has 0 aromatic rings. The molecule has 0 amide bonds. The third-order valence-corrected chi connectivity index (χ3v) is 2.93. The molecule has 0 fully saturated rings. The van der Waals surface area contributed by atoms with Crippen molar-refractivity contribution < 1.29 is 0 Å². The summed E-state index contributed by atoms with van der Waals surface area (Å²) in [5.74, 6) is 1.16. The van der Waals surface area contributed by atoms with Crippen molar-refractivity contribution in [1.82, 2.24) is 4.90 Å². The van der Waals surface area contributed by atoms with Crippen molar-refractivity contribution >= 4 is 11.8 Å². The molecule has 2 heteroatoms. The lowest BCUT2D eigenvalue weighted by molar-refractivity contribution is 0.357. The van der Waals surface area contributed by atoms with Crippen LogP contribution in [-0.4, -0.2) is 28.6 Å². The van der Waals surface area contributed by atoms with Crippen molar-refractivity contribution in [3.63, 3.8) is 0 Å². The summed E-state index contributed by atoms with van der Waals surface area (Å²) in [4.78, 5) is 2.44. The Hall–Kier alpha value is 0.310. The van der Waals surface area contributed by atoms with Gasteiger partial charge in [0.25, 0.3) is 0 Å². The minimum absolute atomic E-state index is 0.405. The average molecular weight is 175 g/mol. The first-order valence-corrected chi connectivity index (χ1v) is 5.34. The lowest BCUT2D eigenvalue weighted by atomic mass is 10.3. The van der Waals surface area contributed by atoms with E-state index in [0.717, 1.165) is 5.88 Å². The molecule has 11 heavy (non-hydrogen) atoms. The fraction of sp³-hybridized carbons (Fsp3) is 1.00. The molecule has 0 unspecified atom stereocenters. The molecule has 0 saturated heterocycles. The van der Waals surface area contributed by atoms with Gasteiger partial charge in [0.15, 0.2) is 0 Å². The van der Waals surface area contributed by atoms with E-state index in [-0.39, 0.29) is 0 Å². The van der Waals surface area contributed by atoms with Crippen LogP contribution in [0.1, 0.15) is 34.6 Å². The number of nitrogens with zero attached hydrogens (tertiary/aromatic N) is 1. The van der Waals surface area contributed by atoms with Gasteiger partial charge in [-0.15, -0.1) is 11.8 Å². The Morgan fingerprint density at radius 2 is 1.55 bits per heavy atom. The van der Waals surface area contributed by atoms with Gasteiger partial charge < -0.3 is 0 Å². The van der Waals surface area contributed by atoms with Crippen LogP contribution < -0.4 is 0 Å². The molecule has 0 aromatic heterocycles. The monoisotopic (exact) mass is 175 g/mol. The normalized spacial score (nSPS) is 12.5. The topological polar surface area (TPSA) is 3.24 Å². The van der Waals surface area contributed by atoms with Crippen molar-refractivity contribution in [2.24, 2.45) is 0 Å². The largest absolute Gasteiger partial charge is 0.295 e. The van der Waals surface area contributed by atoms with E-state index in [9.17, 15) is 0 Å². The van der Waals surface area contributed by atoms with Gasteiger partial charge in [-0.25, -0.2) is 0 Å². The average Bonchev–Trinajstić information content (AvgIpc) is 1.88. The molecule has 0 aliphatic carbocycles. The quantitative estimate of drug-likeness (QED) is 0.604. The van der Waals surface area contributed by atoms with Crippen LogP contribution in [-0.2, 0) is 0 Å². The van der Waals surface area contributed by atoms with E-state index in [1.54, 1.807) is 0 Å². The Labute approximate surface area is 75.5 Å². The van der Waals surface area contributed by atoms with E-state index in [0.29, 0.717) is 4.75 Å². The molecule has 0 aliphatic rings. The van der Waals surface area contributed by atoms with Gasteiger partial charge in [-0.05, 0) is 13.1 Å². The van der Waals surface area contributed by atoms with E-state index in [1.165, 1.54) is 13.1 Å². The summed E-state index contributed by atoms with van der Waals surface area (Å²) >= 11 is 2.02. The Morgan fingerprint density at radius 1 is 1.09 bits per heavy atom. The maximum Gasteiger partial charge on any atom is 0.0449 e. The Morgan fingerprint density at radius 3 is 1.82 bits per heavy atom. The number of hydrogen-bond acceptors (Lipinski definition) is 2. The van der Waals surface area contributed by atoms with Crippen LogP contribution >= 0.6 is 11.8 Å². The van der Waals surface area contributed by atoms with Crippen molar-refractivity contribution in [1.29, 1.82) is 0 Å². The molecule has 0 aromatic carbocycles. The molecule has 0 saturated carbocycles. The van der Waals surface area contributed by atoms with E-state index >= 15 is 0 Å². The SMILES string of the molecule is CCN(CC)CSC(C)(C)C. The van der Waals surface area contributed by atoms with Gasteiger partial charge >= 0.3 is 0 Å². The Balaban J connectivity index is 3.51. The van der Waals surface area contributed by atoms with Gasteiger partial charge in [0.2, 0.25) is 0 Å². The molecule has 0 atom stereocenters. The highest BCUT2D eigenvalue weighted by molar-refractivity contribution is 8.00. The minimum Gasteiger partial charge on any atom is -0.295 e. The third kappa shape index (κ3) is 6.70. The summed E-state index contributed by atoms with van der Waals surface area (Å²) in [7, 11) is 0. The van der Waals surface area contributed by atoms with Gasteiger partial charge in [0, 0.05) is 10.6 Å². The van der Waals surface area contributed by atoms with Gasteiger partial charge in [-0.1, -0.05) is 34.6 Å². The standard InChI is InChI=1S/C9H21NS/c1-6-10(7-2)8-11-9(3,4)5/h6-8H2,1-5H3.